The highest BCUT2D eigenvalue weighted by atomic mass is 16.2. The molecule has 0 radical (unpaired) electrons. The lowest BCUT2D eigenvalue weighted by Gasteiger charge is -2.25. The van der Waals surface area contributed by atoms with Crippen molar-refractivity contribution in [3.63, 3.8) is 0 Å². The molecule has 4 nitrogen and oxygen atoms in total. The van der Waals surface area contributed by atoms with Gasteiger partial charge < -0.3 is 4.90 Å². The van der Waals surface area contributed by atoms with E-state index in [1.165, 1.54) is 16.7 Å². The predicted octanol–water partition coefficient (Wildman–Crippen LogP) is 3.90. The first-order valence-corrected chi connectivity index (χ1v) is 9.33. The molecule has 0 N–H and O–H groups in total. The lowest BCUT2D eigenvalue weighted by Crippen LogP contribution is -2.37. The van der Waals surface area contributed by atoms with Crippen LogP contribution < -0.4 is 0 Å². The third kappa shape index (κ3) is 4.37. The second-order valence-electron chi connectivity index (χ2n) is 7.18. The van der Waals surface area contributed by atoms with E-state index in [1.807, 2.05) is 4.90 Å². The number of hydrogen-bond acceptors (Lipinski definition) is 3. The normalized spacial score (nSPS) is 16.7. The SMILES string of the molecule is Cc1ccc(C)c(CC2CCCN2C(=O)CCC(=O)c2cccnc2)c1. The molecule has 0 aliphatic carbocycles. The maximum Gasteiger partial charge on any atom is 0.223 e. The van der Waals surface area contributed by atoms with Gasteiger partial charge in [-0.3, -0.25) is 14.6 Å². The minimum Gasteiger partial charge on any atom is -0.339 e. The van der Waals surface area contributed by atoms with Gasteiger partial charge in [0.25, 0.3) is 0 Å². The van der Waals surface area contributed by atoms with Crippen LogP contribution in [0.5, 0.6) is 0 Å². The number of carbonyl (C=O) groups excluding carboxylic acids is 2. The molecule has 0 bridgehead atoms. The Labute approximate surface area is 155 Å². The number of pyridine rings is 1. The maximum absolute atomic E-state index is 12.7. The summed E-state index contributed by atoms with van der Waals surface area (Å²) in [5.74, 6) is 0.0757. The molecule has 3 rings (SSSR count). The number of likely N-dealkylation sites (tertiary alicyclic amines) is 1. The first kappa shape index (κ1) is 18.3. The van der Waals surface area contributed by atoms with Gasteiger partial charge in [-0.25, -0.2) is 0 Å². The molecule has 1 aromatic heterocycles. The summed E-state index contributed by atoms with van der Waals surface area (Å²) in [5.41, 5.74) is 4.43. The molecule has 2 aromatic rings. The van der Waals surface area contributed by atoms with Gasteiger partial charge in [0.1, 0.15) is 0 Å². The highest BCUT2D eigenvalue weighted by molar-refractivity contribution is 5.97. The second kappa shape index (κ2) is 8.26. The summed E-state index contributed by atoms with van der Waals surface area (Å²) in [7, 11) is 0. The molecule has 1 unspecified atom stereocenters. The van der Waals surface area contributed by atoms with E-state index in [0.717, 1.165) is 25.8 Å². The van der Waals surface area contributed by atoms with Gasteiger partial charge in [0.15, 0.2) is 5.78 Å². The molecule has 2 heterocycles. The summed E-state index contributed by atoms with van der Waals surface area (Å²) in [6, 6.07) is 10.2. The highest BCUT2D eigenvalue weighted by Crippen LogP contribution is 2.24. The number of aromatic nitrogens is 1. The smallest absolute Gasteiger partial charge is 0.223 e. The molecule has 0 saturated carbocycles. The van der Waals surface area contributed by atoms with E-state index < -0.39 is 0 Å². The highest BCUT2D eigenvalue weighted by Gasteiger charge is 2.29. The second-order valence-corrected chi connectivity index (χ2v) is 7.18. The zero-order valence-corrected chi connectivity index (χ0v) is 15.6. The van der Waals surface area contributed by atoms with E-state index >= 15 is 0 Å². The van der Waals surface area contributed by atoms with Gasteiger partial charge in [-0.05, 0) is 56.4 Å². The Hall–Kier alpha value is -2.49. The molecule has 1 atom stereocenters. The van der Waals surface area contributed by atoms with E-state index in [9.17, 15) is 9.59 Å². The Morgan fingerprint density at radius 1 is 1.19 bits per heavy atom. The minimum atomic E-state index is -0.0169. The fourth-order valence-corrected chi connectivity index (χ4v) is 3.69. The number of rotatable bonds is 6. The first-order valence-electron chi connectivity index (χ1n) is 9.33. The summed E-state index contributed by atoms with van der Waals surface area (Å²) in [6.07, 6.45) is 6.70. The van der Waals surface area contributed by atoms with E-state index in [0.29, 0.717) is 5.56 Å². The molecule has 1 aromatic carbocycles. The topological polar surface area (TPSA) is 50.3 Å². The van der Waals surface area contributed by atoms with Crippen molar-refractivity contribution in [1.29, 1.82) is 0 Å². The molecular formula is C22H26N2O2. The number of ketones is 1. The van der Waals surface area contributed by atoms with E-state index in [2.05, 4.69) is 37.0 Å². The van der Waals surface area contributed by atoms with Crippen LogP contribution in [0.2, 0.25) is 0 Å². The van der Waals surface area contributed by atoms with Gasteiger partial charge in [-0.15, -0.1) is 0 Å². The first-order chi connectivity index (χ1) is 12.5. The Kier molecular flexibility index (Phi) is 5.82. The zero-order chi connectivity index (χ0) is 18.5. The lowest BCUT2D eigenvalue weighted by molar-refractivity contribution is -0.131. The number of hydrogen-bond donors (Lipinski definition) is 0. The van der Waals surface area contributed by atoms with Gasteiger partial charge in [0.2, 0.25) is 5.91 Å². The van der Waals surface area contributed by atoms with Gasteiger partial charge in [0.05, 0.1) is 0 Å². The van der Waals surface area contributed by atoms with Crippen LogP contribution >= 0.6 is 0 Å². The van der Waals surface area contributed by atoms with Crippen molar-refractivity contribution in [1.82, 2.24) is 9.88 Å². The molecule has 4 heteroatoms. The van der Waals surface area contributed by atoms with Crippen molar-refractivity contribution in [3.8, 4) is 0 Å². The average molecular weight is 350 g/mol. The van der Waals surface area contributed by atoms with E-state index in [1.54, 1.807) is 24.5 Å². The molecule has 1 saturated heterocycles. The van der Waals surface area contributed by atoms with Gasteiger partial charge in [0, 0.05) is 43.4 Å². The predicted molar refractivity (Wildman–Crippen MR) is 102 cm³/mol. The van der Waals surface area contributed by atoms with Crippen LogP contribution in [0.4, 0.5) is 0 Å². The van der Waals surface area contributed by atoms with Gasteiger partial charge in [-0.1, -0.05) is 23.8 Å². The Morgan fingerprint density at radius 2 is 2.04 bits per heavy atom. The Morgan fingerprint density at radius 3 is 2.81 bits per heavy atom. The van der Waals surface area contributed by atoms with Crippen LogP contribution in [0.15, 0.2) is 42.7 Å². The molecule has 1 fully saturated rings. The van der Waals surface area contributed by atoms with E-state index in [-0.39, 0.29) is 30.6 Å². The van der Waals surface area contributed by atoms with Crippen LogP contribution in [-0.4, -0.2) is 34.2 Å². The van der Waals surface area contributed by atoms with Crippen molar-refractivity contribution in [2.45, 2.75) is 52.0 Å². The van der Waals surface area contributed by atoms with Crippen molar-refractivity contribution >= 4 is 11.7 Å². The summed E-state index contributed by atoms with van der Waals surface area (Å²) in [6.45, 7) is 5.03. The number of amides is 1. The van der Waals surface area contributed by atoms with Crippen LogP contribution in [0.25, 0.3) is 0 Å². The number of nitrogens with zero attached hydrogens (tertiary/aromatic N) is 2. The van der Waals surface area contributed by atoms with Crippen LogP contribution in [-0.2, 0) is 11.2 Å². The largest absolute Gasteiger partial charge is 0.339 e. The molecule has 1 amide bonds. The quantitative estimate of drug-likeness (QED) is 0.743. The van der Waals surface area contributed by atoms with Gasteiger partial charge in [-0.2, -0.15) is 0 Å². The fourth-order valence-electron chi connectivity index (χ4n) is 3.69. The Balaban J connectivity index is 1.59. The fraction of sp³-hybridized carbons (Fsp3) is 0.409. The van der Waals surface area contributed by atoms with Crippen molar-refractivity contribution in [3.05, 3.63) is 65.0 Å². The number of aryl methyl sites for hydroxylation is 2. The number of benzene rings is 1. The van der Waals surface area contributed by atoms with E-state index in [4.69, 9.17) is 0 Å². The summed E-state index contributed by atoms with van der Waals surface area (Å²) in [5, 5.41) is 0. The molecule has 1 aliphatic heterocycles. The number of Topliss-reactive ketones (excluding diaryl/α,β-unsaturated/α-hetero) is 1. The number of carbonyl (C=O) groups is 2. The van der Waals surface area contributed by atoms with Crippen LogP contribution in [0.1, 0.15) is 52.7 Å². The summed E-state index contributed by atoms with van der Waals surface area (Å²) < 4.78 is 0. The Bertz CT molecular complexity index is 786. The minimum absolute atomic E-state index is 0.0169. The molecular weight excluding hydrogens is 324 g/mol. The zero-order valence-electron chi connectivity index (χ0n) is 15.6. The average Bonchev–Trinajstić information content (AvgIpc) is 3.11. The van der Waals surface area contributed by atoms with Crippen molar-refractivity contribution in [2.75, 3.05) is 6.54 Å². The molecule has 1 aliphatic rings. The summed E-state index contributed by atoms with van der Waals surface area (Å²) in [4.78, 5) is 30.9. The molecule has 136 valence electrons. The third-order valence-electron chi connectivity index (χ3n) is 5.21. The summed E-state index contributed by atoms with van der Waals surface area (Å²) >= 11 is 0. The van der Waals surface area contributed by atoms with Crippen LogP contribution in [0, 0.1) is 13.8 Å². The lowest BCUT2D eigenvalue weighted by atomic mass is 9.97. The van der Waals surface area contributed by atoms with Gasteiger partial charge >= 0.3 is 0 Å². The third-order valence-corrected chi connectivity index (χ3v) is 5.21. The molecule has 0 spiro atoms. The van der Waals surface area contributed by atoms with Crippen molar-refractivity contribution < 1.29 is 9.59 Å². The maximum atomic E-state index is 12.7. The molecule has 26 heavy (non-hydrogen) atoms. The van der Waals surface area contributed by atoms with Crippen LogP contribution in [0.3, 0.4) is 0 Å². The van der Waals surface area contributed by atoms with Crippen molar-refractivity contribution in [2.24, 2.45) is 0 Å². The monoisotopic (exact) mass is 350 g/mol. The standard InChI is InChI=1S/C22H26N2O2/c1-16-7-8-17(2)19(13-16)14-20-6-4-12-24(20)22(26)10-9-21(25)18-5-3-11-23-15-18/h3,5,7-8,11,13,15,20H,4,6,9-10,12,14H2,1-2H3.